The molecular formula is C46H58Cl2N8O6. The highest BCUT2D eigenvalue weighted by atomic mass is 35.5. The van der Waals surface area contributed by atoms with Crippen molar-refractivity contribution < 1.29 is 28.7 Å². The zero-order valence-electron chi connectivity index (χ0n) is 36.6. The van der Waals surface area contributed by atoms with E-state index >= 15 is 0 Å². The second kappa shape index (κ2) is 20.9. The van der Waals surface area contributed by atoms with Crippen molar-refractivity contribution in [2.75, 3.05) is 61.5 Å². The molecule has 62 heavy (non-hydrogen) atoms. The normalized spacial score (nSPS) is 21.2. The first-order valence-electron chi connectivity index (χ1n) is 20.9. The second-order valence-corrected chi connectivity index (χ2v) is 17.4. The summed E-state index contributed by atoms with van der Waals surface area (Å²) in [6.07, 6.45) is 4.51. The van der Waals surface area contributed by atoms with Crippen molar-refractivity contribution in [2.45, 2.75) is 69.9 Å². The van der Waals surface area contributed by atoms with E-state index in [1.807, 2.05) is 49.6 Å². The van der Waals surface area contributed by atoms with Crippen LogP contribution in [0.25, 0.3) is 11.3 Å². The number of likely N-dealkylation sites (tertiary alicyclic amines) is 1. The lowest BCUT2D eigenvalue weighted by Crippen LogP contribution is -2.59. The Labute approximate surface area is 374 Å². The molecule has 4 atom stereocenters. The minimum Gasteiger partial charge on any atom is -0.457 e. The number of carbonyl (C=O) groups is 4. The molecule has 0 aliphatic carbocycles. The summed E-state index contributed by atoms with van der Waals surface area (Å²) in [5.74, 6) is 0.216. The quantitative estimate of drug-likeness (QED) is 0.196. The predicted octanol–water partition coefficient (Wildman–Crippen LogP) is 5.49. The zero-order valence-corrected chi connectivity index (χ0v) is 38.2. The van der Waals surface area contributed by atoms with E-state index in [4.69, 9.17) is 37.7 Å². The van der Waals surface area contributed by atoms with Crippen molar-refractivity contribution in [2.24, 2.45) is 7.05 Å². The first-order chi connectivity index (χ1) is 29.6. The van der Waals surface area contributed by atoms with Gasteiger partial charge in [0.1, 0.15) is 29.4 Å². The van der Waals surface area contributed by atoms with Crippen LogP contribution in [0.3, 0.4) is 0 Å². The number of ether oxygens (including phenoxy) is 2. The van der Waals surface area contributed by atoms with Gasteiger partial charge in [0.15, 0.2) is 0 Å². The highest BCUT2D eigenvalue weighted by Gasteiger charge is 2.37. The minimum atomic E-state index is -1.08. The third-order valence-corrected chi connectivity index (χ3v) is 12.4. The molecule has 2 fully saturated rings. The summed E-state index contributed by atoms with van der Waals surface area (Å²) in [7, 11) is 10.3. The molecule has 0 spiro atoms. The first kappa shape index (κ1) is 46.5. The van der Waals surface area contributed by atoms with E-state index in [9.17, 15) is 19.2 Å². The Morgan fingerprint density at radius 2 is 1.55 bits per heavy atom. The van der Waals surface area contributed by atoms with E-state index in [0.717, 1.165) is 42.3 Å². The summed E-state index contributed by atoms with van der Waals surface area (Å²) in [4.78, 5) is 70.6. The highest BCUT2D eigenvalue weighted by Crippen LogP contribution is 2.32. The summed E-state index contributed by atoms with van der Waals surface area (Å²) in [5, 5.41) is 3.87. The number of likely N-dealkylation sites (N-methyl/N-ethyl adjacent to an activating group) is 3. The summed E-state index contributed by atoms with van der Waals surface area (Å²) in [5.41, 5.74) is 3.45. The number of imidazole rings is 1. The zero-order chi connectivity index (χ0) is 44.7. The van der Waals surface area contributed by atoms with Gasteiger partial charge in [0.25, 0.3) is 0 Å². The van der Waals surface area contributed by atoms with Gasteiger partial charge in [-0.2, -0.15) is 0 Å². The lowest BCUT2D eigenvalue weighted by molar-refractivity contribution is -0.148. The number of hydrogen-bond acceptors (Lipinski definition) is 9. The Morgan fingerprint density at radius 1 is 0.871 bits per heavy atom. The molecular weight excluding hydrogens is 831 g/mol. The fourth-order valence-electron chi connectivity index (χ4n) is 8.05. The molecule has 0 unspecified atom stereocenters. The number of carbonyl (C=O) groups excluding carboxylic acids is 4. The SMILES string of the molecule is COC[C@@H]1NC(=O)[C@H](C)N(Cc2ccc(Cl)cc2Oc2ccc(-c3cnc(CN4CCCC4)n3C)cc2)C(=O)C[C@@H](N(C)C)C(=O)N(C)C[C@@H](Cc2ccc(Cl)cc2)N(C)C1=O. The van der Waals surface area contributed by atoms with Crippen molar-refractivity contribution in [1.82, 2.24) is 39.4 Å². The monoisotopic (exact) mass is 888 g/mol. The van der Waals surface area contributed by atoms with Crippen LogP contribution >= 0.6 is 23.2 Å². The minimum absolute atomic E-state index is 0.0665. The van der Waals surface area contributed by atoms with Crippen LogP contribution in [0.1, 0.15) is 43.1 Å². The number of nitrogens with one attached hydrogen (secondary N) is 1. The Bertz CT molecular complexity index is 2190. The van der Waals surface area contributed by atoms with Gasteiger partial charge in [0.2, 0.25) is 23.6 Å². The van der Waals surface area contributed by atoms with Gasteiger partial charge in [-0.25, -0.2) is 4.98 Å². The van der Waals surface area contributed by atoms with E-state index < -0.39 is 41.9 Å². The van der Waals surface area contributed by atoms with Crippen LogP contribution in [0.2, 0.25) is 10.0 Å². The molecule has 4 amide bonds. The van der Waals surface area contributed by atoms with Gasteiger partial charge >= 0.3 is 0 Å². The molecule has 3 aromatic carbocycles. The topological polar surface area (TPSA) is 133 Å². The third kappa shape index (κ3) is 11.3. The molecule has 3 heterocycles. The maximum Gasteiger partial charge on any atom is 0.247 e. The molecule has 0 radical (unpaired) electrons. The number of halogens is 2. The van der Waals surface area contributed by atoms with Crippen LogP contribution < -0.4 is 10.1 Å². The molecule has 332 valence electrons. The average Bonchev–Trinajstić information content (AvgIpc) is 3.91. The fourth-order valence-corrected chi connectivity index (χ4v) is 8.34. The molecule has 6 rings (SSSR count). The Morgan fingerprint density at radius 3 is 2.21 bits per heavy atom. The van der Waals surface area contributed by atoms with Crippen LogP contribution in [0.15, 0.2) is 72.9 Å². The molecule has 2 saturated heterocycles. The van der Waals surface area contributed by atoms with Crippen LogP contribution in [-0.4, -0.2) is 143 Å². The van der Waals surface area contributed by atoms with Gasteiger partial charge in [-0.3, -0.25) is 29.0 Å². The van der Waals surface area contributed by atoms with Crippen molar-refractivity contribution in [3.63, 3.8) is 0 Å². The van der Waals surface area contributed by atoms with E-state index in [0.29, 0.717) is 33.5 Å². The summed E-state index contributed by atoms with van der Waals surface area (Å²) in [6.45, 7) is 4.57. The summed E-state index contributed by atoms with van der Waals surface area (Å²) < 4.78 is 14.0. The second-order valence-electron chi connectivity index (χ2n) is 16.5. The Hall–Kier alpha value is -4.99. The van der Waals surface area contributed by atoms with Crippen LogP contribution in [0.5, 0.6) is 11.5 Å². The fraction of sp³-hybridized carbons (Fsp3) is 0.457. The van der Waals surface area contributed by atoms with E-state index in [-0.39, 0.29) is 32.0 Å². The van der Waals surface area contributed by atoms with E-state index in [1.54, 1.807) is 80.1 Å². The van der Waals surface area contributed by atoms with Gasteiger partial charge in [-0.15, -0.1) is 0 Å². The predicted molar refractivity (Wildman–Crippen MR) is 240 cm³/mol. The van der Waals surface area contributed by atoms with Crippen LogP contribution in [0.4, 0.5) is 0 Å². The molecule has 0 saturated carbocycles. The largest absolute Gasteiger partial charge is 0.457 e. The molecule has 16 heteroatoms. The van der Waals surface area contributed by atoms with Gasteiger partial charge in [-0.05, 0) is 107 Å². The van der Waals surface area contributed by atoms with E-state index in [2.05, 4.69) is 14.8 Å². The standard InChI is InChI=1S/C46H58Cl2N8O6/c1-30-44(58)50-38(29-61-7)45(59)53(5)36(22-31-10-15-34(47)16-11-31)27-52(4)46(60)39(51(2)3)24-43(57)56(30)26-33-12-17-35(48)23-41(33)62-37-18-13-32(14-19-37)40-25-49-42(54(40)6)28-55-20-8-9-21-55/h10-19,23,25,30,36,38-39H,8-9,20-22,24,26-29H2,1-7H3,(H,50,58)/t30-,36+,38-,39+/m0/s1. The smallest absolute Gasteiger partial charge is 0.247 e. The molecule has 14 nitrogen and oxygen atoms in total. The van der Waals surface area contributed by atoms with Crippen molar-refractivity contribution in [1.29, 1.82) is 0 Å². The lowest BCUT2D eigenvalue weighted by atomic mass is 10.0. The van der Waals surface area contributed by atoms with Crippen molar-refractivity contribution >= 4 is 46.8 Å². The molecule has 4 aromatic rings. The van der Waals surface area contributed by atoms with Gasteiger partial charge < -0.3 is 34.1 Å². The van der Waals surface area contributed by atoms with Crippen molar-refractivity contribution in [3.8, 4) is 22.8 Å². The van der Waals surface area contributed by atoms with Gasteiger partial charge in [-0.1, -0.05) is 41.4 Å². The Kier molecular flexibility index (Phi) is 15.7. The van der Waals surface area contributed by atoms with E-state index in [1.165, 1.54) is 24.9 Å². The number of hydrogen-bond donors (Lipinski definition) is 1. The van der Waals surface area contributed by atoms with Crippen LogP contribution in [0, 0.1) is 0 Å². The lowest BCUT2D eigenvalue weighted by Gasteiger charge is -2.38. The van der Waals surface area contributed by atoms with Gasteiger partial charge in [0, 0.05) is 56.0 Å². The number of benzene rings is 3. The third-order valence-electron chi connectivity index (χ3n) is 11.9. The Balaban J connectivity index is 1.27. The first-order valence-corrected chi connectivity index (χ1v) is 21.7. The molecule has 1 N–H and O–H groups in total. The maximum atomic E-state index is 14.6. The maximum absolute atomic E-state index is 14.6. The van der Waals surface area contributed by atoms with Gasteiger partial charge in [0.05, 0.1) is 50.1 Å². The highest BCUT2D eigenvalue weighted by molar-refractivity contribution is 6.31. The summed E-state index contributed by atoms with van der Waals surface area (Å²) in [6, 6.07) is 16.6. The average molecular weight is 890 g/mol. The molecule has 0 bridgehead atoms. The molecule has 1 aromatic heterocycles. The number of rotatable bonds is 12. The van der Waals surface area contributed by atoms with Crippen molar-refractivity contribution in [3.05, 3.63) is 99.9 Å². The summed E-state index contributed by atoms with van der Waals surface area (Å²) >= 11 is 12.7. The number of methoxy groups -OCH3 is 1. The molecule has 2 aliphatic heterocycles. The number of amides is 4. The van der Waals surface area contributed by atoms with Crippen LogP contribution in [-0.2, 0) is 50.5 Å². The number of nitrogens with zero attached hydrogens (tertiary/aromatic N) is 7. The molecule has 2 aliphatic rings. The number of aromatic nitrogens is 2.